The summed E-state index contributed by atoms with van der Waals surface area (Å²) in [6.45, 7) is 3.48. The molecule has 194 valence electrons. The Bertz CT molecular complexity index is 508. The second-order valence-electron chi connectivity index (χ2n) is 10.6. The quantitative estimate of drug-likeness (QED) is 0.0991. The third-order valence-electron chi connectivity index (χ3n) is 6.47. The summed E-state index contributed by atoms with van der Waals surface area (Å²) in [5, 5.41) is 9.78. The Hall–Kier alpha value is -0.170. The predicted octanol–water partition coefficient (Wildman–Crippen LogP) is 6.40. The molecule has 0 heterocycles. The molecule has 0 rings (SSSR count). The summed E-state index contributed by atoms with van der Waals surface area (Å²) in [6.07, 6.45) is 24.8. The first kappa shape index (κ1) is 31.8. The molecular weight excluding hydrogens is 422 g/mol. The van der Waals surface area contributed by atoms with Crippen molar-refractivity contribution in [1.82, 2.24) is 0 Å². The molecule has 0 aliphatic rings. The summed E-state index contributed by atoms with van der Waals surface area (Å²) in [4.78, 5) is 0. The molecule has 0 saturated carbocycles. The van der Waals surface area contributed by atoms with Crippen LogP contribution in [0.3, 0.4) is 0 Å². The smallest absolute Gasteiger partial charge is 0.116 e. The van der Waals surface area contributed by atoms with Crippen LogP contribution in [0.2, 0.25) is 0 Å². The van der Waals surface area contributed by atoms with Crippen LogP contribution in [0.25, 0.3) is 0 Å². The fourth-order valence-corrected chi connectivity index (χ4v) is 5.15. The second-order valence-corrected chi connectivity index (χ2v) is 12.0. The molecule has 0 radical (unpaired) electrons. The number of nitrogens with zero attached hydrogens (tertiary/aromatic N) is 1. The first-order chi connectivity index (χ1) is 15.2. The highest BCUT2D eigenvalue weighted by Crippen LogP contribution is 2.15. The second kappa shape index (κ2) is 20.2. The number of aliphatic hydroxyl groups excluding tert-OH is 1. The summed E-state index contributed by atoms with van der Waals surface area (Å²) in [5.74, 6) is -0.687. The number of hydrogen-bond acceptors (Lipinski definition) is 4. The SMILES string of the molecule is CCCCCCCCCCCCCCCCCCCCC[N+](C)(C)CC(O)CS(=O)(=O)[O-]. The fourth-order valence-electron chi connectivity index (χ4n) is 4.57. The van der Waals surface area contributed by atoms with Gasteiger partial charge in [0.05, 0.1) is 36.5 Å². The van der Waals surface area contributed by atoms with E-state index in [-0.39, 0.29) is 0 Å². The average molecular weight is 478 g/mol. The van der Waals surface area contributed by atoms with E-state index < -0.39 is 22.0 Å². The molecule has 1 N–H and O–H groups in total. The van der Waals surface area contributed by atoms with Crippen LogP contribution in [-0.4, -0.2) is 61.6 Å². The Balaban J connectivity index is 3.35. The lowest BCUT2D eigenvalue weighted by molar-refractivity contribution is -0.893. The zero-order valence-electron chi connectivity index (χ0n) is 21.7. The Labute approximate surface area is 200 Å². The van der Waals surface area contributed by atoms with Crippen molar-refractivity contribution in [2.24, 2.45) is 0 Å². The van der Waals surface area contributed by atoms with Crippen LogP contribution in [0, 0.1) is 0 Å². The molecule has 32 heavy (non-hydrogen) atoms. The maximum Gasteiger partial charge on any atom is 0.116 e. The Morgan fingerprint density at radius 1 is 0.656 bits per heavy atom. The number of aliphatic hydroxyl groups is 1. The van der Waals surface area contributed by atoms with Gasteiger partial charge in [0, 0.05) is 0 Å². The van der Waals surface area contributed by atoms with Crippen LogP contribution in [0.4, 0.5) is 0 Å². The van der Waals surface area contributed by atoms with Gasteiger partial charge in [-0.15, -0.1) is 0 Å². The van der Waals surface area contributed by atoms with Gasteiger partial charge < -0.3 is 14.1 Å². The van der Waals surface area contributed by atoms with Gasteiger partial charge in [0.2, 0.25) is 0 Å². The van der Waals surface area contributed by atoms with Gasteiger partial charge in [-0.25, -0.2) is 8.42 Å². The van der Waals surface area contributed by atoms with Crippen LogP contribution in [-0.2, 0) is 10.1 Å². The van der Waals surface area contributed by atoms with Crippen LogP contribution in [0.5, 0.6) is 0 Å². The molecule has 0 aromatic heterocycles. The van der Waals surface area contributed by atoms with Crippen LogP contribution in [0.15, 0.2) is 0 Å². The summed E-state index contributed by atoms with van der Waals surface area (Å²) in [6, 6.07) is 0. The highest BCUT2D eigenvalue weighted by Gasteiger charge is 2.21. The van der Waals surface area contributed by atoms with Gasteiger partial charge in [-0.05, 0) is 12.8 Å². The summed E-state index contributed by atoms with van der Waals surface area (Å²) in [7, 11) is -0.397. The van der Waals surface area contributed by atoms with Gasteiger partial charge >= 0.3 is 0 Å². The summed E-state index contributed by atoms with van der Waals surface area (Å²) >= 11 is 0. The van der Waals surface area contributed by atoms with E-state index in [1.54, 1.807) is 0 Å². The lowest BCUT2D eigenvalue weighted by Crippen LogP contribution is -2.47. The maximum absolute atomic E-state index is 10.7. The highest BCUT2D eigenvalue weighted by molar-refractivity contribution is 7.85. The van der Waals surface area contributed by atoms with Gasteiger partial charge in [0.1, 0.15) is 12.6 Å². The number of rotatable bonds is 24. The zero-order chi connectivity index (χ0) is 24.1. The molecule has 0 bridgehead atoms. The molecule has 0 aromatic carbocycles. The minimum Gasteiger partial charge on any atom is -0.748 e. The number of likely N-dealkylation sites (N-methyl/N-ethyl adjacent to an activating group) is 1. The number of unbranched alkanes of at least 4 members (excludes halogenated alkanes) is 18. The van der Waals surface area contributed by atoms with Crippen molar-refractivity contribution in [2.75, 3.05) is 32.9 Å². The van der Waals surface area contributed by atoms with Crippen molar-refractivity contribution in [1.29, 1.82) is 0 Å². The molecule has 1 atom stereocenters. The van der Waals surface area contributed by atoms with Crippen LogP contribution < -0.4 is 0 Å². The van der Waals surface area contributed by atoms with E-state index >= 15 is 0 Å². The van der Waals surface area contributed by atoms with Crippen molar-refractivity contribution in [3.63, 3.8) is 0 Å². The van der Waals surface area contributed by atoms with Gasteiger partial charge in [-0.1, -0.05) is 116 Å². The first-order valence-corrected chi connectivity index (χ1v) is 15.2. The molecule has 0 saturated heterocycles. The fraction of sp³-hybridized carbons (Fsp3) is 1.00. The molecule has 1 unspecified atom stereocenters. The number of hydrogen-bond donors (Lipinski definition) is 1. The Morgan fingerprint density at radius 2 is 0.969 bits per heavy atom. The first-order valence-electron chi connectivity index (χ1n) is 13.6. The zero-order valence-corrected chi connectivity index (χ0v) is 22.5. The van der Waals surface area contributed by atoms with E-state index in [1.165, 1.54) is 116 Å². The molecular formula is C26H55NO4S. The molecule has 0 amide bonds. The van der Waals surface area contributed by atoms with E-state index in [9.17, 15) is 18.1 Å². The molecule has 5 nitrogen and oxygen atoms in total. The normalized spacial score (nSPS) is 13.5. The third kappa shape index (κ3) is 24.5. The van der Waals surface area contributed by atoms with E-state index in [0.717, 1.165) is 13.0 Å². The van der Waals surface area contributed by atoms with Crippen LogP contribution in [0.1, 0.15) is 129 Å². The van der Waals surface area contributed by atoms with Gasteiger partial charge in [-0.2, -0.15) is 0 Å². The molecule has 0 spiro atoms. The summed E-state index contributed by atoms with van der Waals surface area (Å²) < 4.78 is 32.8. The molecule has 0 fully saturated rings. The van der Waals surface area contributed by atoms with Gasteiger partial charge in [0.15, 0.2) is 0 Å². The molecule has 0 aliphatic carbocycles. The molecule has 0 aliphatic heterocycles. The van der Waals surface area contributed by atoms with Gasteiger partial charge in [0.25, 0.3) is 0 Å². The van der Waals surface area contributed by atoms with Gasteiger partial charge in [-0.3, -0.25) is 0 Å². The minimum atomic E-state index is -4.36. The lowest BCUT2D eigenvalue weighted by Gasteiger charge is -2.32. The lowest BCUT2D eigenvalue weighted by atomic mass is 10.0. The summed E-state index contributed by atoms with van der Waals surface area (Å²) in [5.41, 5.74) is 0. The van der Waals surface area contributed by atoms with Crippen molar-refractivity contribution in [3.8, 4) is 0 Å². The van der Waals surface area contributed by atoms with E-state index in [2.05, 4.69) is 6.92 Å². The van der Waals surface area contributed by atoms with Crippen molar-refractivity contribution in [3.05, 3.63) is 0 Å². The minimum absolute atomic E-state index is 0.306. The van der Waals surface area contributed by atoms with E-state index in [1.807, 2.05) is 14.1 Å². The van der Waals surface area contributed by atoms with Crippen molar-refractivity contribution < 1.29 is 22.6 Å². The average Bonchev–Trinajstić information content (AvgIpc) is 2.67. The van der Waals surface area contributed by atoms with Crippen LogP contribution >= 0.6 is 0 Å². The van der Waals surface area contributed by atoms with E-state index in [4.69, 9.17) is 0 Å². The maximum atomic E-state index is 10.7. The number of quaternary nitrogens is 1. The predicted molar refractivity (Wildman–Crippen MR) is 136 cm³/mol. The van der Waals surface area contributed by atoms with E-state index in [0.29, 0.717) is 11.0 Å². The van der Waals surface area contributed by atoms with Crippen molar-refractivity contribution >= 4 is 10.1 Å². The third-order valence-corrected chi connectivity index (χ3v) is 7.26. The Kier molecular flexibility index (Phi) is 20.1. The van der Waals surface area contributed by atoms with Crippen molar-refractivity contribution in [2.45, 2.75) is 135 Å². The topological polar surface area (TPSA) is 77.4 Å². The largest absolute Gasteiger partial charge is 0.748 e. The standard InChI is InChI=1S/C26H55NO4S/c1-4-5-6-7-8-9-10-11-12-13-14-15-16-17-18-19-20-21-22-23-27(2,3)24-26(28)25-32(29,30)31/h26,28H,4-25H2,1-3H3. The highest BCUT2D eigenvalue weighted by atomic mass is 32.2. The molecule has 6 heteroatoms. The Morgan fingerprint density at radius 3 is 1.28 bits per heavy atom. The monoisotopic (exact) mass is 477 g/mol. The molecule has 0 aromatic rings.